The van der Waals surface area contributed by atoms with E-state index in [2.05, 4.69) is 29.3 Å². The van der Waals surface area contributed by atoms with Crippen LogP contribution < -0.4 is 11.3 Å². The van der Waals surface area contributed by atoms with Crippen LogP contribution >= 0.6 is 0 Å². The summed E-state index contributed by atoms with van der Waals surface area (Å²) in [7, 11) is 4.19. The highest BCUT2D eigenvalue weighted by molar-refractivity contribution is 5.28. The Morgan fingerprint density at radius 3 is 2.80 bits per heavy atom. The molecule has 4 nitrogen and oxygen atoms in total. The maximum atomic E-state index is 14.2. The van der Waals surface area contributed by atoms with E-state index in [1.165, 1.54) is 6.07 Å². The van der Waals surface area contributed by atoms with E-state index < -0.39 is 0 Å². The van der Waals surface area contributed by atoms with E-state index in [1.807, 2.05) is 13.0 Å². The van der Waals surface area contributed by atoms with Gasteiger partial charge < -0.3 is 9.80 Å². The minimum absolute atomic E-state index is 0.156. The lowest BCUT2D eigenvalue weighted by molar-refractivity contribution is 0.176. The molecule has 2 rings (SSSR count). The van der Waals surface area contributed by atoms with Crippen LogP contribution in [0.2, 0.25) is 0 Å². The highest BCUT2D eigenvalue weighted by atomic mass is 19.1. The number of nitrogens with zero attached hydrogens (tertiary/aromatic N) is 2. The largest absolute Gasteiger partial charge is 0.305 e. The number of hydrazine groups is 1. The van der Waals surface area contributed by atoms with Crippen molar-refractivity contribution in [2.24, 2.45) is 5.84 Å². The SMILES string of the molecule is Cc1ccc(F)c(C(NN)C2CN(C)CCCN2C)c1. The van der Waals surface area contributed by atoms with Crippen LogP contribution in [0.5, 0.6) is 0 Å². The average molecular weight is 280 g/mol. The Hall–Kier alpha value is -1.01. The average Bonchev–Trinajstić information content (AvgIpc) is 2.57. The molecular weight excluding hydrogens is 255 g/mol. The second-order valence-electron chi connectivity index (χ2n) is 5.83. The summed E-state index contributed by atoms with van der Waals surface area (Å²) in [5.41, 5.74) is 4.53. The molecule has 0 radical (unpaired) electrons. The van der Waals surface area contributed by atoms with Gasteiger partial charge in [0.05, 0.1) is 6.04 Å². The van der Waals surface area contributed by atoms with Crippen molar-refractivity contribution < 1.29 is 4.39 Å². The number of benzene rings is 1. The summed E-state index contributed by atoms with van der Waals surface area (Å²) in [5, 5.41) is 0. The summed E-state index contributed by atoms with van der Waals surface area (Å²) in [4.78, 5) is 4.56. The van der Waals surface area contributed by atoms with Crippen LogP contribution in [0.3, 0.4) is 0 Å². The van der Waals surface area contributed by atoms with Gasteiger partial charge in [0.15, 0.2) is 0 Å². The Bertz CT molecular complexity index is 451. The van der Waals surface area contributed by atoms with Crippen molar-refractivity contribution in [3.05, 3.63) is 35.1 Å². The fourth-order valence-electron chi connectivity index (χ4n) is 2.98. The van der Waals surface area contributed by atoms with E-state index in [0.717, 1.165) is 31.6 Å². The molecule has 1 aromatic carbocycles. The molecule has 0 spiro atoms. The van der Waals surface area contributed by atoms with Gasteiger partial charge in [-0.2, -0.15) is 0 Å². The number of aryl methyl sites for hydroxylation is 1. The number of likely N-dealkylation sites (N-methyl/N-ethyl adjacent to an activating group) is 2. The van der Waals surface area contributed by atoms with E-state index in [1.54, 1.807) is 6.07 Å². The Morgan fingerprint density at radius 1 is 1.35 bits per heavy atom. The number of rotatable bonds is 3. The number of nitrogens with two attached hydrogens (primary N) is 1. The van der Waals surface area contributed by atoms with Gasteiger partial charge in [0.25, 0.3) is 0 Å². The summed E-state index contributed by atoms with van der Waals surface area (Å²) < 4.78 is 14.2. The van der Waals surface area contributed by atoms with Crippen molar-refractivity contribution in [1.29, 1.82) is 0 Å². The third-order valence-corrected chi connectivity index (χ3v) is 4.17. The summed E-state index contributed by atoms with van der Waals surface area (Å²) in [6, 6.07) is 5.15. The molecule has 5 heteroatoms. The molecule has 2 atom stereocenters. The monoisotopic (exact) mass is 280 g/mol. The summed E-state index contributed by atoms with van der Waals surface area (Å²) in [6.07, 6.45) is 1.12. The fourth-order valence-corrected chi connectivity index (χ4v) is 2.98. The number of nitrogens with one attached hydrogen (secondary N) is 1. The van der Waals surface area contributed by atoms with Gasteiger partial charge in [0.1, 0.15) is 5.82 Å². The quantitative estimate of drug-likeness (QED) is 0.646. The zero-order chi connectivity index (χ0) is 14.7. The standard InChI is InChI=1S/C15H25FN4/c1-11-5-6-13(16)12(9-11)15(18-17)14-10-19(2)7-4-8-20(14)3/h5-6,9,14-15,18H,4,7-8,10,17H2,1-3H3. The van der Waals surface area contributed by atoms with Gasteiger partial charge in [0, 0.05) is 18.2 Å². The van der Waals surface area contributed by atoms with Gasteiger partial charge in [-0.3, -0.25) is 11.3 Å². The molecule has 0 amide bonds. The van der Waals surface area contributed by atoms with Crippen molar-refractivity contribution in [1.82, 2.24) is 15.2 Å². The van der Waals surface area contributed by atoms with Crippen molar-refractivity contribution in [2.75, 3.05) is 33.7 Å². The van der Waals surface area contributed by atoms with Gasteiger partial charge in [-0.1, -0.05) is 17.7 Å². The number of halogens is 1. The van der Waals surface area contributed by atoms with Crippen LogP contribution in [0.4, 0.5) is 4.39 Å². The smallest absolute Gasteiger partial charge is 0.128 e. The molecule has 1 aliphatic rings. The topological polar surface area (TPSA) is 44.5 Å². The molecule has 1 aromatic rings. The van der Waals surface area contributed by atoms with Crippen molar-refractivity contribution in [2.45, 2.75) is 25.4 Å². The lowest BCUT2D eigenvalue weighted by Gasteiger charge is -2.34. The van der Waals surface area contributed by atoms with Crippen molar-refractivity contribution in [3.8, 4) is 0 Å². The molecule has 1 saturated heterocycles. The highest BCUT2D eigenvalue weighted by Crippen LogP contribution is 2.25. The highest BCUT2D eigenvalue weighted by Gasteiger charge is 2.30. The van der Waals surface area contributed by atoms with E-state index in [4.69, 9.17) is 5.84 Å². The van der Waals surface area contributed by atoms with Crippen LogP contribution in [0.15, 0.2) is 18.2 Å². The van der Waals surface area contributed by atoms with Gasteiger partial charge in [0.2, 0.25) is 0 Å². The number of hydrogen-bond donors (Lipinski definition) is 2. The molecule has 2 unspecified atom stereocenters. The second kappa shape index (κ2) is 6.63. The van der Waals surface area contributed by atoms with Crippen LogP contribution in [-0.2, 0) is 0 Å². The lowest BCUT2D eigenvalue weighted by Crippen LogP contribution is -2.49. The predicted molar refractivity (Wildman–Crippen MR) is 79.7 cm³/mol. The van der Waals surface area contributed by atoms with Crippen LogP contribution in [-0.4, -0.2) is 49.6 Å². The van der Waals surface area contributed by atoms with Crippen LogP contribution in [0.25, 0.3) is 0 Å². The first kappa shape index (κ1) is 15.4. The maximum absolute atomic E-state index is 14.2. The minimum Gasteiger partial charge on any atom is -0.305 e. The Labute approximate surface area is 120 Å². The molecule has 1 fully saturated rings. The molecule has 20 heavy (non-hydrogen) atoms. The third-order valence-electron chi connectivity index (χ3n) is 4.17. The molecule has 3 N–H and O–H groups in total. The molecular formula is C15H25FN4. The first-order valence-corrected chi connectivity index (χ1v) is 7.14. The third kappa shape index (κ3) is 3.35. The summed E-state index contributed by atoms with van der Waals surface area (Å²) in [5.74, 6) is 5.56. The molecule has 0 aromatic heterocycles. The molecule has 0 aliphatic carbocycles. The lowest BCUT2D eigenvalue weighted by atomic mass is 9.96. The molecule has 0 bridgehead atoms. The molecule has 112 valence electrons. The van der Waals surface area contributed by atoms with Gasteiger partial charge >= 0.3 is 0 Å². The van der Waals surface area contributed by atoms with E-state index in [9.17, 15) is 4.39 Å². The van der Waals surface area contributed by atoms with Gasteiger partial charge in [-0.25, -0.2) is 4.39 Å². The Kier molecular flexibility index (Phi) is 5.10. The zero-order valence-corrected chi connectivity index (χ0v) is 12.6. The maximum Gasteiger partial charge on any atom is 0.128 e. The summed E-state index contributed by atoms with van der Waals surface area (Å²) in [6.45, 7) is 4.91. The number of hydrogen-bond acceptors (Lipinski definition) is 4. The second-order valence-corrected chi connectivity index (χ2v) is 5.83. The zero-order valence-electron chi connectivity index (χ0n) is 12.6. The van der Waals surface area contributed by atoms with Crippen molar-refractivity contribution in [3.63, 3.8) is 0 Å². The Balaban J connectivity index is 2.32. The van der Waals surface area contributed by atoms with Crippen molar-refractivity contribution >= 4 is 0 Å². The minimum atomic E-state index is -0.208. The van der Waals surface area contributed by atoms with E-state index in [0.29, 0.717) is 5.56 Å². The van der Waals surface area contributed by atoms with Gasteiger partial charge in [-0.05, 0) is 46.6 Å². The molecule has 1 aliphatic heterocycles. The first-order chi connectivity index (χ1) is 9.52. The Morgan fingerprint density at radius 2 is 2.10 bits per heavy atom. The first-order valence-electron chi connectivity index (χ1n) is 7.14. The van der Waals surface area contributed by atoms with E-state index >= 15 is 0 Å². The van der Waals surface area contributed by atoms with Gasteiger partial charge in [-0.15, -0.1) is 0 Å². The predicted octanol–water partition coefficient (Wildman–Crippen LogP) is 1.27. The molecule has 1 heterocycles. The van der Waals surface area contributed by atoms with E-state index in [-0.39, 0.29) is 17.9 Å². The van der Waals surface area contributed by atoms with Crippen LogP contribution in [0.1, 0.15) is 23.6 Å². The molecule has 0 saturated carbocycles. The normalized spacial score (nSPS) is 23.6. The fraction of sp³-hybridized carbons (Fsp3) is 0.600. The van der Waals surface area contributed by atoms with Crippen LogP contribution in [0, 0.1) is 12.7 Å². The summed E-state index contributed by atoms with van der Waals surface area (Å²) >= 11 is 0.